The molecule has 0 saturated heterocycles. The van der Waals surface area contributed by atoms with Crippen LogP contribution in [0.25, 0.3) is 11.0 Å². The number of imidazole rings is 1. The van der Waals surface area contributed by atoms with E-state index in [9.17, 15) is 9.18 Å². The van der Waals surface area contributed by atoms with Gasteiger partial charge in [0.2, 0.25) is 0 Å². The van der Waals surface area contributed by atoms with Crippen LogP contribution in [0.2, 0.25) is 0 Å². The molecule has 0 spiro atoms. The molecule has 1 aromatic heterocycles. The Labute approximate surface area is 121 Å². The van der Waals surface area contributed by atoms with E-state index in [1.807, 2.05) is 0 Å². The number of benzene rings is 2. The Morgan fingerprint density at radius 2 is 1.90 bits per heavy atom. The molecule has 1 heterocycles. The van der Waals surface area contributed by atoms with E-state index in [1.165, 1.54) is 6.07 Å². The first-order valence-corrected chi connectivity index (χ1v) is 6.77. The van der Waals surface area contributed by atoms with Crippen molar-refractivity contribution < 1.29 is 4.39 Å². The highest BCUT2D eigenvalue weighted by Gasteiger charge is 2.17. The zero-order valence-electron chi connectivity index (χ0n) is 10.3. The number of nitrogens with one attached hydrogen (secondary N) is 2. The first-order chi connectivity index (χ1) is 9.56. The third-order valence-electron chi connectivity index (χ3n) is 3.21. The largest absolute Gasteiger partial charge is 0.323 e. The lowest BCUT2D eigenvalue weighted by Crippen LogP contribution is -2.14. The lowest BCUT2D eigenvalue weighted by atomic mass is 9.99. The molecule has 0 radical (unpaired) electrons. The summed E-state index contributed by atoms with van der Waals surface area (Å²) in [5.41, 5.74) is 8.32. The maximum Gasteiger partial charge on any atom is 0.323 e. The molecule has 4 nitrogen and oxygen atoms in total. The number of halogens is 2. The summed E-state index contributed by atoms with van der Waals surface area (Å²) < 4.78 is 14.5. The summed E-state index contributed by atoms with van der Waals surface area (Å²) in [5.74, 6) is -0.366. The third-order valence-corrected chi connectivity index (χ3v) is 3.90. The van der Waals surface area contributed by atoms with Crippen LogP contribution < -0.4 is 11.4 Å². The molecule has 0 bridgehead atoms. The van der Waals surface area contributed by atoms with Crippen molar-refractivity contribution in [3.63, 3.8) is 0 Å². The number of aromatic nitrogens is 2. The molecular weight excluding hydrogens is 325 g/mol. The molecule has 1 atom stereocenters. The summed E-state index contributed by atoms with van der Waals surface area (Å²) >= 11 is 3.31. The monoisotopic (exact) mass is 335 g/mol. The van der Waals surface area contributed by atoms with Gasteiger partial charge < -0.3 is 15.7 Å². The predicted octanol–water partition coefficient (Wildman–Crippen LogP) is 2.81. The van der Waals surface area contributed by atoms with Gasteiger partial charge in [0.15, 0.2) is 0 Å². The van der Waals surface area contributed by atoms with E-state index in [0.29, 0.717) is 21.1 Å². The summed E-state index contributed by atoms with van der Waals surface area (Å²) in [6.45, 7) is 0. The molecule has 0 saturated carbocycles. The minimum atomic E-state index is -0.617. The fourth-order valence-corrected chi connectivity index (χ4v) is 2.81. The lowest BCUT2D eigenvalue weighted by Gasteiger charge is -2.15. The van der Waals surface area contributed by atoms with E-state index in [1.54, 1.807) is 30.3 Å². The van der Waals surface area contributed by atoms with Crippen LogP contribution in [0.4, 0.5) is 4.39 Å². The SMILES string of the molecule is NC(c1ccc2[nH]c(=O)[nH]c2c1)c1c(F)cccc1Br. The Morgan fingerprint density at radius 3 is 2.65 bits per heavy atom. The molecule has 0 aliphatic carbocycles. The summed E-state index contributed by atoms with van der Waals surface area (Å²) in [4.78, 5) is 16.6. The van der Waals surface area contributed by atoms with Crippen molar-refractivity contribution in [1.29, 1.82) is 0 Å². The Hall–Kier alpha value is -1.92. The highest BCUT2D eigenvalue weighted by molar-refractivity contribution is 9.10. The van der Waals surface area contributed by atoms with E-state index >= 15 is 0 Å². The van der Waals surface area contributed by atoms with Crippen LogP contribution in [-0.2, 0) is 0 Å². The Morgan fingerprint density at radius 1 is 1.15 bits per heavy atom. The quantitative estimate of drug-likeness (QED) is 0.673. The number of H-pyrrole nitrogens is 2. The van der Waals surface area contributed by atoms with E-state index in [0.717, 1.165) is 5.56 Å². The molecule has 0 aliphatic heterocycles. The number of aromatic amines is 2. The minimum absolute atomic E-state index is 0.280. The van der Waals surface area contributed by atoms with Gasteiger partial charge in [-0.25, -0.2) is 9.18 Å². The molecule has 6 heteroatoms. The van der Waals surface area contributed by atoms with Crippen molar-refractivity contribution in [2.45, 2.75) is 6.04 Å². The average molecular weight is 336 g/mol. The number of nitrogens with two attached hydrogens (primary N) is 1. The van der Waals surface area contributed by atoms with Crippen LogP contribution in [0.15, 0.2) is 45.7 Å². The number of hydrogen-bond acceptors (Lipinski definition) is 2. The molecule has 2 aromatic carbocycles. The van der Waals surface area contributed by atoms with E-state index in [-0.39, 0.29) is 11.5 Å². The van der Waals surface area contributed by atoms with Crippen molar-refractivity contribution in [2.75, 3.05) is 0 Å². The fraction of sp³-hybridized carbons (Fsp3) is 0.0714. The van der Waals surface area contributed by atoms with Gasteiger partial charge in [0.25, 0.3) is 0 Å². The molecule has 20 heavy (non-hydrogen) atoms. The van der Waals surface area contributed by atoms with Crippen molar-refractivity contribution >= 4 is 27.0 Å². The molecule has 4 N–H and O–H groups in total. The lowest BCUT2D eigenvalue weighted by molar-refractivity contribution is 0.598. The van der Waals surface area contributed by atoms with E-state index in [2.05, 4.69) is 25.9 Å². The van der Waals surface area contributed by atoms with Gasteiger partial charge in [0.05, 0.1) is 17.1 Å². The van der Waals surface area contributed by atoms with Crippen LogP contribution >= 0.6 is 15.9 Å². The third kappa shape index (κ3) is 2.17. The van der Waals surface area contributed by atoms with E-state index < -0.39 is 6.04 Å². The van der Waals surface area contributed by atoms with Crippen LogP contribution in [0.1, 0.15) is 17.2 Å². The van der Waals surface area contributed by atoms with E-state index in [4.69, 9.17) is 5.73 Å². The Kier molecular flexibility index (Phi) is 3.19. The number of rotatable bonds is 2. The van der Waals surface area contributed by atoms with Crippen LogP contribution in [0.5, 0.6) is 0 Å². The van der Waals surface area contributed by atoms with Crippen LogP contribution in [-0.4, -0.2) is 9.97 Å². The van der Waals surface area contributed by atoms with Gasteiger partial charge in [-0.1, -0.05) is 28.1 Å². The topological polar surface area (TPSA) is 74.7 Å². The first kappa shape index (κ1) is 13.1. The molecule has 102 valence electrons. The van der Waals surface area contributed by atoms with Crippen LogP contribution in [0, 0.1) is 5.82 Å². The predicted molar refractivity (Wildman–Crippen MR) is 79.0 cm³/mol. The van der Waals surface area contributed by atoms with Crippen molar-refractivity contribution in [3.05, 3.63) is 68.3 Å². The summed E-state index contributed by atoms with van der Waals surface area (Å²) in [6.07, 6.45) is 0. The van der Waals surface area contributed by atoms with Gasteiger partial charge in [-0.05, 0) is 29.8 Å². The highest BCUT2D eigenvalue weighted by atomic mass is 79.9. The second-order valence-corrected chi connectivity index (χ2v) is 5.35. The van der Waals surface area contributed by atoms with Gasteiger partial charge in [0, 0.05) is 10.0 Å². The van der Waals surface area contributed by atoms with Crippen molar-refractivity contribution in [1.82, 2.24) is 9.97 Å². The molecular formula is C14H11BrFN3O. The molecule has 0 fully saturated rings. The zero-order valence-corrected chi connectivity index (χ0v) is 11.9. The normalized spacial score (nSPS) is 12.8. The highest BCUT2D eigenvalue weighted by Crippen LogP contribution is 2.29. The van der Waals surface area contributed by atoms with Gasteiger partial charge in [-0.3, -0.25) is 0 Å². The molecule has 0 aliphatic rings. The standard InChI is InChI=1S/C14H11BrFN3O/c15-8-2-1-3-9(16)12(8)13(17)7-4-5-10-11(6-7)19-14(20)18-10/h1-6,13H,17H2,(H2,18,19,20). The Bertz CT molecular complexity index is 820. The maximum atomic E-state index is 13.9. The average Bonchev–Trinajstić information content (AvgIpc) is 2.77. The fourth-order valence-electron chi connectivity index (χ4n) is 2.22. The van der Waals surface area contributed by atoms with Gasteiger partial charge in [-0.2, -0.15) is 0 Å². The molecule has 1 unspecified atom stereocenters. The smallest absolute Gasteiger partial charge is 0.320 e. The molecule has 0 amide bonds. The number of hydrogen-bond donors (Lipinski definition) is 3. The molecule has 3 aromatic rings. The first-order valence-electron chi connectivity index (χ1n) is 5.97. The summed E-state index contributed by atoms with van der Waals surface area (Å²) in [7, 11) is 0. The Balaban J connectivity index is 2.12. The van der Waals surface area contributed by atoms with Gasteiger partial charge in [-0.15, -0.1) is 0 Å². The van der Waals surface area contributed by atoms with Crippen molar-refractivity contribution in [3.8, 4) is 0 Å². The van der Waals surface area contributed by atoms with Gasteiger partial charge >= 0.3 is 5.69 Å². The van der Waals surface area contributed by atoms with Gasteiger partial charge in [0.1, 0.15) is 5.82 Å². The number of fused-ring (bicyclic) bond motifs is 1. The molecule has 3 rings (SSSR count). The minimum Gasteiger partial charge on any atom is -0.320 e. The summed E-state index contributed by atoms with van der Waals surface area (Å²) in [5, 5.41) is 0. The maximum absolute atomic E-state index is 13.9. The second-order valence-electron chi connectivity index (χ2n) is 4.50. The second kappa shape index (κ2) is 4.88. The summed E-state index contributed by atoms with van der Waals surface area (Å²) in [6, 6.07) is 9.38. The zero-order chi connectivity index (χ0) is 14.3. The van der Waals surface area contributed by atoms with Crippen molar-refractivity contribution in [2.24, 2.45) is 5.73 Å². The van der Waals surface area contributed by atoms with Crippen LogP contribution in [0.3, 0.4) is 0 Å².